The first kappa shape index (κ1) is 12.9. The largest absolute Gasteiger partial charge is 0.361 e. The summed E-state index contributed by atoms with van der Waals surface area (Å²) in [6.07, 6.45) is 5.44. The zero-order valence-corrected chi connectivity index (χ0v) is 12.5. The Bertz CT molecular complexity index is 667. The summed E-state index contributed by atoms with van der Waals surface area (Å²) >= 11 is 0. The van der Waals surface area contributed by atoms with E-state index in [2.05, 4.69) is 47.3 Å². The molecule has 2 aliphatic rings. The maximum Gasteiger partial charge on any atom is 0.225 e. The van der Waals surface area contributed by atoms with Crippen LogP contribution >= 0.6 is 0 Å². The standard InChI is InChI=1S/C18H22N2O/c1-12-10-15(12)18(21)20-8-6-13(7-9-20)16-11-19-17-5-3-2-4-14(16)17/h2-5,11-13,15,19H,6-10H2,1H3. The molecule has 1 saturated carbocycles. The second-order valence-electron chi connectivity index (χ2n) is 6.71. The van der Waals surface area contributed by atoms with Crippen molar-refractivity contribution in [3.8, 4) is 0 Å². The first-order chi connectivity index (χ1) is 10.2. The predicted molar refractivity (Wildman–Crippen MR) is 84.1 cm³/mol. The maximum atomic E-state index is 12.3. The molecule has 110 valence electrons. The third-order valence-electron chi connectivity index (χ3n) is 5.29. The van der Waals surface area contributed by atoms with Crippen LogP contribution in [0, 0.1) is 11.8 Å². The summed E-state index contributed by atoms with van der Waals surface area (Å²) < 4.78 is 0. The summed E-state index contributed by atoms with van der Waals surface area (Å²) in [7, 11) is 0. The number of rotatable bonds is 2. The van der Waals surface area contributed by atoms with E-state index in [9.17, 15) is 4.79 Å². The van der Waals surface area contributed by atoms with Gasteiger partial charge in [0.05, 0.1) is 0 Å². The molecule has 4 rings (SSSR count). The van der Waals surface area contributed by atoms with E-state index >= 15 is 0 Å². The monoisotopic (exact) mass is 282 g/mol. The van der Waals surface area contributed by atoms with Crippen LogP contribution < -0.4 is 0 Å². The Morgan fingerprint density at radius 3 is 2.67 bits per heavy atom. The Kier molecular flexibility index (Phi) is 3.02. The molecule has 1 aliphatic heterocycles. The number of para-hydroxylation sites is 1. The zero-order chi connectivity index (χ0) is 14.4. The number of aromatic nitrogens is 1. The summed E-state index contributed by atoms with van der Waals surface area (Å²) in [5.74, 6) is 1.93. The molecule has 2 heterocycles. The Balaban J connectivity index is 1.46. The number of carbonyl (C=O) groups is 1. The molecule has 3 heteroatoms. The Morgan fingerprint density at radius 1 is 1.24 bits per heavy atom. The molecule has 21 heavy (non-hydrogen) atoms. The molecule has 1 saturated heterocycles. The smallest absolute Gasteiger partial charge is 0.225 e. The number of benzene rings is 1. The van der Waals surface area contributed by atoms with Crippen LogP contribution in [-0.4, -0.2) is 28.9 Å². The van der Waals surface area contributed by atoms with Gasteiger partial charge < -0.3 is 9.88 Å². The van der Waals surface area contributed by atoms with E-state index < -0.39 is 0 Å². The number of fused-ring (bicyclic) bond motifs is 1. The van der Waals surface area contributed by atoms with Gasteiger partial charge in [0.1, 0.15) is 0 Å². The van der Waals surface area contributed by atoms with Gasteiger partial charge in [-0.1, -0.05) is 25.1 Å². The van der Waals surface area contributed by atoms with Gasteiger partial charge in [0.2, 0.25) is 5.91 Å². The Hall–Kier alpha value is -1.77. The van der Waals surface area contributed by atoms with Crippen molar-refractivity contribution in [3.05, 3.63) is 36.0 Å². The van der Waals surface area contributed by atoms with Gasteiger partial charge in [-0.3, -0.25) is 4.79 Å². The highest BCUT2D eigenvalue weighted by Crippen LogP contribution is 2.40. The van der Waals surface area contributed by atoms with Crippen molar-refractivity contribution in [2.24, 2.45) is 11.8 Å². The van der Waals surface area contributed by atoms with Gasteiger partial charge in [0.25, 0.3) is 0 Å². The van der Waals surface area contributed by atoms with Crippen molar-refractivity contribution in [3.63, 3.8) is 0 Å². The van der Waals surface area contributed by atoms with E-state index in [0.717, 1.165) is 32.4 Å². The van der Waals surface area contributed by atoms with Crippen molar-refractivity contribution in [1.82, 2.24) is 9.88 Å². The van der Waals surface area contributed by atoms with Crippen LogP contribution in [0.3, 0.4) is 0 Å². The third-order valence-corrected chi connectivity index (χ3v) is 5.29. The van der Waals surface area contributed by atoms with Crippen LogP contribution in [0.2, 0.25) is 0 Å². The topological polar surface area (TPSA) is 36.1 Å². The van der Waals surface area contributed by atoms with Gasteiger partial charge in [-0.2, -0.15) is 0 Å². The quantitative estimate of drug-likeness (QED) is 0.898. The molecule has 1 amide bonds. The second-order valence-corrected chi connectivity index (χ2v) is 6.71. The average molecular weight is 282 g/mol. The summed E-state index contributed by atoms with van der Waals surface area (Å²) in [6, 6.07) is 8.50. The lowest BCUT2D eigenvalue weighted by molar-refractivity contribution is -0.133. The van der Waals surface area contributed by atoms with Crippen LogP contribution in [0.25, 0.3) is 10.9 Å². The molecule has 2 fully saturated rings. The number of likely N-dealkylation sites (tertiary alicyclic amines) is 1. The van der Waals surface area contributed by atoms with Gasteiger partial charge in [0.15, 0.2) is 0 Å². The summed E-state index contributed by atoms with van der Waals surface area (Å²) in [6.45, 7) is 4.03. The second kappa shape index (κ2) is 4.90. The molecule has 1 aliphatic carbocycles. The Morgan fingerprint density at radius 2 is 1.95 bits per heavy atom. The molecule has 3 nitrogen and oxygen atoms in total. The fourth-order valence-corrected chi connectivity index (χ4v) is 3.74. The molecule has 2 aromatic rings. The molecular weight excluding hydrogens is 260 g/mol. The van der Waals surface area contributed by atoms with Crippen molar-refractivity contribution in [2.75, 3.05) is 13.1 Å². The molecule has 1 N–H and O–H groups in total. The number of hydrogen-bond donors (Lipinski definition) is 1. The third kappa shape index (κ3) is 2.25. The number of hydrogen-bond acceptors (Lipinski definition) is 1. The molecule has 0 spiro atoms. The van der Waals surface area contributed by atoms with Gasteiger partial charge in [0, 0.05) is 36.1 Å². The number of nitrogens with zero attached hydrogens (tertiary/aromatic N) is 1. The van der Waals surface area contributed by atoms with E-state index in [4.69, 9.17) is 0 Å². The molecule has 0 bridgehead atoms. The van der Waals surface area contributed by atoms with E-state index in [1.54, 1.807) is 0 Å². The first-order valence-corrected chi connectivity index (χ1v) is 8.09. The molecule has 2 atom stereocenters. The molecule has 1 aromatic heterocycles. The lowest BCUT2D eigenvalue weighted by atomic mass is 9.89. The van der Waals surface area contributed by atoms with Crippen molar-refractivity contribution < 1.29 is 4.79 Å². The maximum absolute atomic E-state index is 12.3. The molecule has 1 aromatic carbocycles. The van der Waals surface area contributed by atoms with Crippen LogP contribution in [0.5, 0.6) is 0 Å². The number of nitrogens with one attached hydrogen (secondary N) is 1. The van der Waals surface area contributed by atoms with Crippen molar-refractivity contribution in [2.45, 2.75) is 32.1 Å². The molecule has 2 unspecified atom stereocenters. The van der Waals surface area contributed by atoms with Crippen molar-refractivity contribution >= 4 is 16.8 Å². The Labute approximate surface area is 125 Å². The van der Waals surface area contributed by atoms with Crippen molar-refractivity contribution in [1.29, 1.82) is 0 Å². The van der Waals surface area contributed by atoms with Crippen LogP contribution in [0.4, 0.5) is 0 Å². The van der Waals surface area contributed by atoms with E-state index in [1.165, 1.54) is 16.5 Å². The summed E-state index contributed by atoms with van der Waals surface area (Å²) in [4.78, 5) is 17.8. The normalized spacial score (nSPS) is 26.2. The fraction of sp³-hybridized carbons (Fsp3) is 0.500. The van der Waals surface area contributed by atoms with E-state index in [-0.39, 0.29) is 0 Å². The number of aromatic amines is 1. The highest BCUT2D eigenvalue weighted by atomic mass is 16.2. The van der Waals surface area contributed by atoms with E-state index in [1.807, 2.05) is 0 Å². The minimum atomic E-state index is 0.328. The molecule has 0 radical (unpaired) electrons. The summed E-state index contributed by atoms with van der Waals surface area (Å²) in [5.41, 5.74) is 2.65. The number of carbonyl (C=O) groups excluding carboxylic acids is 1. The SMILES string of the molecule is CC1CC1C(=O)N1CCC(c2c[nH]c3ccccc23)CC1. The van der Waals surface area contributed by atoms with E-state index in [0.29, 0.717) is 23.7 Å². The minimum Gasteiger partial charge on any atom is -0.361 e. The predicted octanol–water partition coefficient (Wildman–Crippen LogP) is 3.53. The zero-order valence-electron chi connectivity index (χ0n) is 12.5. The van der Waals surface area contributed by atoms with Crippen LogP contribution in [0.15, 0.2) is 30.5 Å². The fourth-order valence-electron chi connectivity index (χ4n) is 3.74. The average Bonchev–Trinajstić information content (AvgIpc) is 3.10. The van der Waals surface area contributed by atoms with Crippen LogP contribution in [0.1, 0.15) is 37.7 Å². The lowest BCUT2D eigenvalue weighted by Gasteiger charge is -2.32. The number of piperidine rings is 1. The highest BCUT2D eigenvalue weighted by molar-refractivity contribution is 5.84. The van der Waals surface area contributed by atoms with Gasteiger partial charge in [-0.05, 0) is 42.7 Å². The first-order valence-electron chi connectivity index (χ1n) is 8.09. The van der Waals surface area contributed by atoms with Gasteiger partial charge in [-0.25, -0.2) is 0 Å². The van der Waals surface area contributed by atoms with Gasteiger partial charge in [-0.15, -0.1) is 0 Å². The molecular formula is C18H22N2O. The van der Waals surface area contributed by atoms with Gasteiger partial charge >= 0.3 is 0 Å². The minimum absolute atomic E-state index is 0.328. The van der Waals surface area contributed by atoms with Crippen LogP contribution in [-0.2, 0) is 4.79 Å². The number of amides is 1. The number of H-pyrrole nitrogens is 1. The summed E-state index contributed by atoms with van der Waals surface area (Å²) in [5, 5.41) is 1.35. The lowest BCUT2D eigenvalue weighted by Crippen LogP contribution is -2.39. The highest BCUT2D eigenvalue weighted by Gasteiger charge is 2.42.